The quantitative estimate of drug-likeness (QED) is 0.791. The summed E-state index contributed by atoms with van der Waals surface area (Å²) < 4.78 is 0.750. The van der Waals surface area contributed by atoms with E-state index in [2.05, 4.69) is 26.1 Å². The van der Waals surface area contributed by atoms with E-state index in [1.54, 1.807) is 26.1 Å². The van der Waals surface area contributed by atoms with Gasteiger partial charge in [-0.2, -0.15) is 0 Å². The summed E-state index contributed by atoms with van der Waals surface area (Å²) in [6.07, 6.45) is 0.928. The van der Waals surface area contributed by atoms with E-state index < -0.39 is 11.7 Å². The number of nitrogens with zero attached hydrogens (tertiary/aromatic N) is 2. The molecule has 4 nitrogen and oxygen atoms in total. The lowest BCUT2D eigenvalue weighted by Crippen LogP contribution is -2.38. The molecule has 0 radical (unpaired) electrons. The number of aliphatic hydroxyl groups is 1. The van der Waals surface area contributed by atoms with Crippen LogP contribution < -0.4 is 0 Å². The molecule has 0 aliphatic carbocycles. The van der Waals surface area contributed by atoms with E-state index >= 15 is 0 Å². The van der Waals surface area contributed by atoms with E-state index in [1.165, 1.54) is 0 Å². The highest BCUT2D eigenvalue weighted by molar-refractivity contribution is 9.10. The number of pyridine rings is 1. The van der Waals surface area contributed by atoms with Crippen LogP contribution in [0.5, 0.6) is 0 Å². The predicted octanol–water partition coefficient (Wildman–Crippen LogP) is 1.72. The molecule has 0 bridgehead atoms. The first-order valence-electron chi connectivity index (χ1n) is 4.57. The molecule has 1 atom stereocenters. The topological polar surface area (TPSA) is 54.7 Å². The van der Waals surface area contributed by atoms with E-state index in [-0.39, 0.29) is 0 Å². The number of hydrogen-bond donors (Lipinski definition) is 1. The minimum Gasteiger partial charge on any atom is -0.386 e. The van der Waals surface area contributed by atoms with Crippen molar-refractivity contribution in [1.82, 2.24) is 4.98 Å². The SMILES string of the molecule is CC1(C)ON=C(c2ccc(Br)nc2)C1O. The zero-order valence-electron chi connectivity index (χ0n) is 8.44. The number of halogens is 1. The molecule has 0 spiro atoms. The predicted molar refractivity (Wildman–Crippen MR) is 59.6 cm³/mol. The van der Waals surface area contributed by atoms with E-state index in [1.807, 2.05) is 6.07 Å². The molecular weight excluding hydrogens is 260 g/mol. The Morgan fingerprint density at radius 3 is 2.67 bits per heavy atom. The first-order valence-corrected chi connectivity index (χ1v) is 5.36. The van der Waals surface area contributed by atoms with Crippen LogP contribution in [0.4, 0.5) is 0 Å². The lowest BCUT2D eigenvalue weighted by Gasteiger charge is -2.19. The van der Waals surface area contributed by atoms with E-state index in [4.69, 9.17) is 4.84 Å². The average Bonchev–Trinajstić information content (AvgIpc) is 2.45. The standard InChI is InChI=1S/C10H11BrN2O2/c1-10(2)9(14)8(13-15-10)6-3-4-7(11)12-5-6/h3-5,9,14H,1-2H3. The zero-order valence-corrected chi connectivity index (χ0v) is 10.0. The maximum atomic E-state index is 9.94. The molecule has 0 aromatic carbocycles. The molecule has 0 saturated heterocycles. The van der Waals surface area contributed by atoms with Gasteiger partial charge in [-0.15, -0.1) is 0 Å². The average molecular weight is 271 g/mol. The molecule has 1 aliphatic rings. The van der Waals surface area contributed by atoms with E-state index in [9.17, 15) is 5.11 Å². The van der Waals surface area contributed by atoms with Gasteiger partial charge in [0.15, 0.2) is 5.60 Å². The molecule has 1 N–H and O–H groups in total. The second kappa shape index (κ2) is 3.57. The molecule has 1 aromatic rings. The molecule has 5 heteroatoms. The minimum atomic E-state index is -0.722. The van der Waals surface area contributed by atoms with Crippen molar-refractivity contribution in [2.24, 2.45) is 5.16 Å². The smallest absolute Gasteiger partial charge is 0.163 e. The highest BCUT2D eigenvalue weighted by Gasteiger charge is 2.40. The first kappa shape index (κ1) is 10.6. The summed E-state index contributed by atoms with van der Waals surface area (Å²) >= 11 is 3.25. The van der Waals surface area contributed by atoms with Gasteiger partial charge in [-0.05, 0) is 41.9 Å². The molecule has 0 amide bonds. The third kappa shape index (κ3) is 1.89. The van der Waals surface area contributed by atoms with Crippen molar-refractivity contribution < 1.29 is 9.94 Å². The summed E-state index contributed by atoms with van der Waals surface area (Å²) in [4.78, 5) is 9.22. The lowest BCUT2D eigenvalue weighted by atomic mass is 9.95. The Morgan fingerprint density at radius 1 is 1.47 bits per heavy atom. The number of rotatable bonds is 1. The van der Waals surface area contributed by atoms with Crippen LogP contribution in [0.25, 0.3) is 0 Å². The summed E-state index contributed by atoms with van der Waals surface area (Å²) in [6, 6.07) is 3.64. The molecule has 15 heavy (non-hydrogen) atoms. The van der Waals surface area contributed by atoms with Crippen molar-refractivity contribution in [3.63, 3.8) is 0 Å². The van der Waals surface area contributed by atoms with Gasteiger partial charge in [0, 0.05) is 11.8 Å². The molecule has 2 heterocycles. The number of aliphatic hydroxyl groups excluding tert-OH is 1. The molecule has 0 saturated carbocycles. The van der Waals surface area contributed by atoms with Gasteiger partial charge in [0.1, 0.15) is 16.4 Å². The van der Waals surface area contributed by atoms with Crippen molar-refractivity contribution >= 4 is 21.6 Å². The first-order chi connectivity index (χ1) is 7.00. The van der Waals surface area contributed by atoms with Gasteiger partial charge in [0.2, 0.25) is 0 Å². The summed E-state index contributed by atoms with van der Waals surface area (Å²) in [5.41, 5.74) is 0.638. The molecule has 0 fully saturated rings. The largest absolute Gasteiger partial charge is 0.386 e. The monoisotopic (exact) mass is 270 g/mol. The van der Waals surface area contributed by atoms with Gasteiger partial charge < -0.3 is 9.94 Å². The van der Waals surface area contributed by atoms with Crippen molar-refractivity contribution in [2.45, 2.75) is 25.6 Å². The minimum absolute atomic E-state index is 0.528. The normalized spacial score (nSPS) is 23.5. The van der Waals surface area contributed by atoms with Crippen LogP contribution in [0.2, 0.25) is 0 Å². The second-order valence-electron chi connectivity index (χ2n) is 3.94. The fourth-order valence-electron chi connectivity index (χ4n) is 1.33. The fraction of sp³-hybridized carbons (Fsp3) is 0.400. The molecule has 2 rings (SSSR count). The molecule has 1 aromatic heterocycles. The highest BCUT2D eigenvalue weighted by atomic mass is 79.9. The van der Waals surface area contributed by atoms with E-state index in [0.29, 0.717) is 5.71 Å². The molecular formula is C10H11BrN2O2. The Morgan fingerprint density at radius 2 is 2.20 bits per heavy atom. The van der Waals surface area contributed by atoms with Gasteiger partial charge in [-0.3, -0.25) is 0 Å². The van der Waals surface area contributed by atoms with Crippen LogP contribution in [0.15, 0.2) is 28.1 Å². The summed E-state index contributed by atoms with van der Waals surface area (Å²) in [5.74, 6) is 0. The van der Waals surface area contributed by atoms with Crippen LogP contribution in [0, 0.1) is 0 Å². The van der Waals surface area contributed by atoms with E-state index in [0.717, 1.165) is 10.2 Å². The lowest BCUT2D eigenvalue weighted by molar-refractivity contribution is -0.0476. The fourth-order valence-corrected chi connectivity index (χ4v) is 1.57. The molecule has 1 aliphatic heterocycles. The van der Waals surface area contributed by atoms with Gasteiger partial charge in [0.25, 0.3) is 0 Å². The van der Waals surface area contributed by atoms with Crippen molar-refractivity contribution in [3.05, 3.63) is 28.5 Å². The van der Waals surface area contributed by atoms with Crippen LogP contribution in [0.1, 0.15) is 19.4 Å². The second-order valence-corrected chi connectivity index (χ2v) is 4.76. The van der Waals surface area contributed by atoms with Crippen molar-refractivity contribution in [2.75, 3.05) is 0 Å². The number of hydrogen-bond acceptors (Lipinski definition) is 4. The number of oxime groups is 1. The summed E-state index contributed by atoms with van der Waals surface area (Å²) in [5, 5.41) is 13.8. The van der Waals surface area contributed by atoms with Crippen LogP contribution in [0.3, 0.4) is 0 Å². The third-order valence-electron chi connectivity index (χ3n) is 2.32. The maximum absolute atomic E-state index is 9.94. The van der Waals surface area contributed by atoms with Crippen LogP contribution >= 0.6 is 15.9 Å². The van der Waals surface area contributed by atoms with Crippen molar-refractivity contribution in [3.8, 4) is 0 Å². The third-order valence-corrected chi connectivity index (χ3v) is 2.79. The Bertz CT molecular complexity index is 400. The molecule has 1 unspecified atom stereocenters. The van der Waals surface area contributed by atoms with Gasteiger partial charge in [-0.25, -0.2) is 4.98 Å². The summed E-state index contributed by atoms with van der Waals surface area (Å²) in [6.45, 7) is 3.58. The highest BCUT2D eigenvalue weighted by Crippen LogP contribution is 2.26. The Balaban J connectivity index is 2.30. The van der Waals surface area contributed by atoms with Crippen LogP contribution in [-0.2, 0) is 4.84 Å². The van der Waals surface area contributed by atoms with Crippen molar-refractivity contribution in [1.29, 1.82) is 0 Å². The van der Waals surface area contributed by atoms with Gasteiger partial charge in [0.05, 0.1) is 0 Å². The Kier molecular flexibility index (Phi) is 2.52. The summed E-state index contributed by atoms with van der Waals surface area (Å²) in [7, 11) is 0. The van der Waals surface area contributed by atoms with Crippen LogP contribution in [-0.4, -0.2) is 27.5 Å². The Labute approximate surface area is 96.1 Å². The maximum Gasteiger partial charge on any atom is 0.163 e. The number of aromatic nitrogens is 1. The molecule has 80 valence electrons. The van der Waals surface area contributed by atoms with Gasteiger partial charge >= 0.3 is 0 Å². The Hall–Kier alpha value is -0.940. The zero-order chi connectivity index (χ0) is 11.1. The van der Waals surface area contributed by atoms with Gasteiger partial charge in [-0.1, -0.05) is 5.16 Å².